The molecular formula is C29H32O4Si. The van der Waals surface area contributed by atoms with E-state index in [1.54, 1.807) is 6.08 Å². The van der Waals surface area contributed by atoms with Crippen LogP contribution in [0, 0.1) is 0 Å². The highest BCUT2D eigenvalue weighted by atomic mass is 28.4. The average Bonchev–Trinajstić information content (AvgIpc) is 3.03. The van der Waals surface area contributed by atoms with Gasteiger partial charge in [-0.25, -0.2) is 0 Å². The summed E-state index contributed by atoms with van der Waals surface area (Å²) in [5.41, 5.74) is 0.687. The van der Waals surface area contributed by atoms with Crippen LogP contribution in [0.5, 0.6) is 0 Å². The molecule has 3 aromatic carbocycles. The third kappa shape index (κ3) is 4.78. The molecule has 1 N–H and O–H groups in total. The van der Waals surface area contributed by atoms with Crippen molar-refractivity contribution < 1.29 is 19.1 Å². The van der Waals surface area contributed by atoms with Gasteiger partial charge in [0.15, 0.2) is 6.10 Å². The maximum absolute atomic E-state index is 12.4. The lowest BCUT2D eigenvalue weighted by atomic mass is 10.0. The smallest absolute Gasteiger partial charge is 0.310 e. The van der Waals surface area contributed by atoms with Crippen molar-refractivity contribution in [1.29, 1.82) is 0 Å². The summed E-state index contributed by atoms with van der Waals surface area (Å²) >= 11 is 0. The second-order valence-electron chi connectivity index (χ2n) is 9.69. The van der Waals surface area contributed by atoms with Gasteiger partial charge in [-0.3, -0.25) is 4.79 Å². The number of ether oxygens (including phenoxy) is 1. The molecule has 4 rings (SSSR count). The van der Waals surface area contributed by atoms with Crippen LogP contribution in [0.3, 0.4) is 0 Å². The van der Waals surface area contributed by atoms with Crippen LogP contribution in [0.15, 0.2) is 103 Å². The Morgan fingerprint density at radius 1 is 0.882 bits per heavy atom. The predicted octanol–water partition coefficient (Wildman–Crippen LogP) is 4.54. The summed E-state index contributed by atoms with van der Waals surface area (Å²) in [6.07, 6.45) is 1.33. The van der Waals surface area contributed by atoms with Crippen molar-refractivity contribution >= 4 is 24.7 Å². The zero-order valence-corrected chi connectivity index (χ0v) is 20.9. The maximum Gasteiger partial charge on any atom is 0.310 e. The van der Waals surface area contributed by atoms with Crippen molar-refractivity contribution in [2.45, 2.75) is 50.5 Å². The lowest BCUT2D eigenvalue weighted by Gasteiger charge is -2.46. The first-order valence-corrected chi connectivity index (χ1v) is 13.6. The standard InChI is InChI=1S/C29H32O4Si/c1-29(2,3)34(23-16-9-5-10-17-23,24-18-11-6-12-19-24)33-25-20-13-21-26(30)32-28(25)27(31)22-14-7-4-8-15-22/h4-20,25,27-28,31H,21H2,1-3H3/t25-,27-,28+/m1/s1. The summed E-state index contributed by atoms with van der Waals surface area (Å²) in [4.78, 5) is 12.4. The Morgan fingerprint density at radius 3 is 1.88 bits per heavy atom. The van der Waals surface area contributed by atoms with Gasteiger partial charge in [-0.2, -0.15) is 0 Å². The molecule has 0 bridgehead atoms. The molecule has 176 valence electrons. The van der Waals surface area contributed by atoms with Crippen LogP contribution in [0.2, 0.25) is 5.04 Å². The molecule has 0 radical (unpaired) electrons. The quantitative estimate of drug-likeness (QED) is 0.325. The van der Waals surface area contributed by atoms with E-state index in [-0.39, 0.29) is 17.4 Å². The molecule has 0 saturated heterocycles. The fraction of sp³-hybridized carbons (Fsp3) is 0.276. The number of aliphatic hydroxyl groups is 1. The first kappa shape index (κ1) is 24.1. The molecular weight excluding hydrogens is 440 g/mol. The summed E-state index contributed by atoms with van der Waals surface area (Å²) in [5.74, 6) is -0.371. The third-order valence-electron chi connectivity index (χ3n) is 6.38. The number of benzene rings is 3. The largest absolute Gasteiger partial charge is 0.456 e. The van der Waals surface area contributed by atoms with E-state index in [0.717, 1.165) is 10.4 Å². The lowest BCUT2D eigenvalue weighted by Crippen LogP contribution is -2.68. The van der Waals surface area contributed by atoms with Crippen molar-refractivity contribution in [3.8, 4) is 0 Å². The van der Waals surface area contributed by atoms with E-state index in [1.165, 1.54) is 0 Å². The van der Waals surface area contributed by atoms with E-state index in [9.17, 15) is 9.90 Å². The predicted molar refractivity (Wildman–Crippen MR) is 138 cm³/mol. The van der Waals surface area contributed by atoms with Gasteiger partial charge in [0, 0.05) is 0 Å². The summed E-state index contributed by atoms with van der Waals surface area (Å²) in [6.45, 7) is 6.61. The molecule has 1 aliphatic heterocycles. The molecule has 5 heteroatoms. The van der Waals surface area contributed by atoms with E-state index >= 15 is 0 Å². The van der Waals surface area contributed by atoms with Gasteiger partial charge < -0.3 is 14.3 Å². The molecule has 3 atom stereocenters. The number of rotatable bonds is 6. The highest BCUT2D eigenvalue weighted by Gasteiger charge is 2.53. The van der Waals surface area contributed by atoms with E-state index in [2.05, 4.69) is 45.0 Å². The Bertz CT molecular complexity index is 1070. The van der Waals surface area contributed by atoms with Gasteiger partial charge in [0.1, 0.15) is 12.2 Å². The number of carbonyl (C=O) groups excluding carboxylic acids is 1. The first-order valence-electron chi connectivity index (χ1n) is 11.7. The molecule has 1 aliphatic rings. The van der Waals surface area contributed by atoms with Crippen molar-refractivity contribution in [3.63, 3.8) is 0 Å². The van der Waals surface area contributed by atoms with Gasteiger partial charge in [-0.1, -0.05) is 124 Å². The Morgan fingerprint density at radius 2 is 1.38 bits per heavy atom. The van der Waals surface area contributed by atoms with E-state index < -0.39 is 26.6 Å². The average molecular weight is 473 g/mol. The molecule has 4 nitrogen and oxygen atoms in total. The van der Waals surface area contributed by atoms with Gasteiger partial charge in [0.05, 0.1) is 6.42 Å². The molecule has 0 saturated carbocycles. The molecule has 0 aliphatic carbocycles. The molecule has 34 heavy (non-hydrogen) atoms. The molecule has 1 heterocycles. The Labute approximate surface area is 203 Å². The number of cyclic esters (lactones) is 1. The number of hydrogen-bond donors (Lipinski definition) is 1. The van der Waals surface area contributed by atoms with Crippen molar-refractivity contribution in [2.75, 3.05) is 0 Å². The van der Waals surface area contributed by atoms with Gasteiger partial charge >= 0.3 is 5.97 Å². The topological polar surface area (TPSA) is 55.8 Å². The second-order valence-corrected chi connectivity index (χ2v) is 13.9. The maximum atomic E-state index is 12.4. The molecule has 0 unspecified atom stereocenters. The van der Waals surface area contributed by atoms with E-state index in [4.69, 9.17) is 9.16 Å². The first-order chi connectivity index (χ1) is 16.3. The second kappa shape index (κ2) is 10.1. The van der Waals surface area contributed by atoms with Crippen LogP contribution in [0.4, 0.5) is 0 Å². The normalized spacial score (nSPS) is 19.8. The van der Waals surface area contributed by atoms with Gasteiger partial charge in [0.25, 0.3) is 8.32 Å². The van der Waals surface area contributed by atoms with Crippen LogP contribution in [-0.4, -0.2) is 31.6 Å². The minimum Gasteiger partial charge on any atom is -0.456 e. The minimum absolute atomic E-state index is 0.151. The molecule has 0 spiro atoms. The van der Waals surface area contributed by atoms with E-state index in [1.807, 2.05) is 72.8 Å². The zero-order valence-electron chi connectivity index (χ0n) is 19.9. The van der Waals surface area contributed by atoms with Crippen molar-refractivity contribution in [2.24, 2.45) is 0 Å². The number of aliphatic hydroxyl groups excluding tert-OH is 1. The van der Waals surface area contributed by atoms with E-state index in [0.29, 0.717) is 5.56 Å². The van der Waals surface area contributed by atoms with Crippen LogP contribution >= 0.6 is 0 Å². The molecule has 3 aromatic rings. The number of esters is 1. The number of hydrogen-bond acceptors (Lipinski definition) is 4. The summed E-state index contributed by atoms with van der Waals surface area (Å²) < 4.78 is 13.0. The van der Waals surface area contributed by atoms with Crippen molar-refractivity contribution in [3.05, 3.63) is 109 Å². The summed E-state index contributed by atoms with van der Waals surface area (Å²) in [6, 6.07) is 30.0. The van der Waals surface area contributed by atoms with Crippen LogP contribution < -0.4 is 10.4 Å². The fourth-order valence-corrected chi connectivity index (χ4v) is 9.40. The highest BCUT2D eigenvalue weighted by molar-refractivity contribution is 6.99. The summed E-state index contributed by atoms with van der Waals surface area (Å²) in [5, 5.41) is 13.3. The summed E-state index contributed by atoms with van der Waals surface area (Å²) in [7, 11) is -2.92. The zero-order chi connectivity index (χ0) is 24.2. The minimum atomic E-state index is -2.92. The fourth-order valence-electron chi connectivity index (χ4n) is 4.76. The SMILES string of the molecule is CC(C)(C)[Si](O[C@@H]1C=CCC(=O)O[C@@H]1[C@H](O)c1ccccc1)(c1ccccc1)c1ccccc1. The highest BCUT2D eigenvalue weighted by Crippen LogP contribution is 2.39. The Kier molecular flexibility index (Phi) is 7.17. The molecule has 0 aromatic heterocycles. The Balaban J connectivity index is 1.85. The Hall–Kier alpha value is -2.99. The van der Waals surface area contributed by atoms with Crippen molar-refractivity contribution in [1.82, 2.24) is 0 Å². The number of carbonyl (C=O) groups is 1. The lowest BCUT2D eigenvalue weighted by molar-refractivity contribution is -0.159. The monoisotopic (exact) mass is 472 g/mol. The third-order valence-corrected chi connectivity index (χ3v) is 11.4. The van der Waals surface area contributed by atoms with Crippen LogP contribution in [-0.2, 0) is 14.0 Å². The van der Waals surface area contributed by atoms with Gasteiger partial charge in [0.2, 0.25) is 0 Å². The molecule has 0 amide bonds. The molecule has 0 fully saturated rings. The van der Waals surface area contributed by atoms with Gasteiger partial charge in [-0.15, -0.1) is 0 Å². The van der Waals surface area contributed by atoms with Crippen LogP contribution in [0.1, 0.15) is 38.9 Å². The van der Waals surface area contributed by atoms with Crippen LogP contribution in [0.25, 0.3) is 0 Å². The van der Waals surface area contributed by atoms with Gasteiger partial charge in [-0.05, 0) is 21.0 Å².